The van der Waals surface area contributed by atoms with Crippen LogP contribution in [0.5, 0.6) is 11.5 Å². The maximum Gasteiger partial charge on any atom is 0.238 e. The molecule has 0 saturated carbocycles. The van der Waals surface area contributed by atoms with Gasteiger partial charge < -0.3 is 14.8 Å². The lowest BCUT2D eigenvalue weighted by molar-refractivity contribution is -0.117. The number of hydrogen-bond acceptors (Lipinski definition) is 6. The Morgan fingerprint density at radius 1 is 1.03 bits per heavy atom. The fraction of sp³-hybridized carbons (Fsp3) is 0.364. The van der Waals surface area contributed by atoms with Gasteiger partial charge in [-0.05, 0) is 29.8 Å². The highest BCUT2D eigenvalue weighted by Crippen LogP contribution is 2.28. The Morgan fingerprint density at radius 2 is 1.72 bits per heavy atom. The van der Waals surface area contributed by atoms with E-state index < -0.39 is 0 Å². The van der Waals surface area contributed by atoms with Crippen LogP contribution in [0.4, 0.5) is 5.69 Å². The Kier molecular flexibility index (Phi) is 7.06. The normalized spacial score (nSPS) is 14.8. The molecule has 0 spiro atoms. The molecule has 7 heteroatoms. The highest BCUT2D eigenvalue weighted by Gasteiger charge is 2.20. The number of piperazine rings is 1. The molecule has 7 nitrogen and oxygen atoms in total. The van der Waals surface area contributed by atoms with E-state index in [1.807, 2.05) is 24.3 Å². The van der Waals surface area contributed by atoms with Gasteiger partial charge in [0.2, 0.25) is 5.91 Å². The van der Waals surface area contributed by atoms with E-state index in [1.165, 1.54) is 5.56 Å². The van der Waals surface area contributed by atoms with Gasteiger partial charge in [0.1, 0.15) is 6.07 Å². The van der Waals surface area contributed by atoms with Crippen molar-refractivity contribution in [3.05, 3.63) is 53.6 Å². The van der Waals surface area contributed by atoms with Crippen molar-refractivity contribution in [2.45, 2.75) is 6.54 Å². The van der Waals surface area contributed by atoms with E-state index >= 15 is 0 Å². The lowest BCUT2D eigenvalue weighted by atomic mass is 10.1. The smallest absolute Gasteiger partial charge is 0.238 e. The topological polar surface area (TPSA) is 77.8 Å². The summed E-state index contributed by atoms with van der Waals surface area (Å²) in [4.78, 5) is 16.8. The fourth-order valence-corrected chi connectivity index (χ4v) is 3.43. The number of nitrogens with zero attached hydrogens (tertiary/aromatic N) is 3. The largest absolute Gasteiger partial charge is 0.493 e. The average Bonchev–Trinajstić information content (AvgIpc) is 2.75. The number of benzene rings is 2. The van der Waals surface area contributed by atoms with Crippen molar-refractivity contribution >= 4 is 11.6 Å². The third-order valence-electron chi connectivity index (χ3n) is 5.01. The van der Waals surface area contributed by atoms with Crippen molar-refractivity contribution in [1.29, 1.82) is 5.26 Å². The number of carbonyl (C=O) groups is 1. The molecule has 3 rings (SSSR count). The van der Waals surface area contributed by atoms with Crippen LogP contribution >= 0.6 is 0 Å². The summed E-state index contributed by atoms with van der Waals surface area (Å²) in [5, 5.41) is 12.0. The number of rotatable bonds is 7. The summed E-state index contributed by atoms with van der Waals surface area (Å²) in [6.07, 6.45) is 0. The molecular weight excluding hydrogens is 368 g/mol. The summed E-state index contributed by atoms with van der Waals surface area (Å²) >= 11 is 0. The molecule has 0 aromatic heterocycles. The molecule has 2 aromatic carbocycles. The van der Waals surface area contributed by atoms with Crippen LogP contribution in [0.25, 0.3) is 0 Å². The predicted molar refractivity (Wildman–Crippen MR) is 111 cm³/mol. The van der Waals surface area contributed by atoms with Crippen LogP contribution in [-0.2, 0) is 11.3 Å². The first-order valence-electron chi connectivity index (χ1n) is 9.57. The van der Waals surface area contributed by atoms with Gasteiger partial charge in [-0.2, -0.15) is 5.26 Å². The van der Waals surface area contributed by atoms with Gasteiger partial charge in [-0.15, -0.1) is 0 Å². The van der Waals surface area contributed by atoms with E-state index in [2.05, 4.69) is 21.2 Å². The zero-order valence-corrected chi connectivity index (χ0v) is 16.9. The number of para-hydroxylation sites is 1. The molecule has 0 radical (unpaired) electrons. The first-order valence-corrected chi connectivity index (χ1v) is 9.57. The van der Waals surface area contributed by atoms with E-state index in [1.54, 1.807) is 32.4 Å². The van der Waals surface area contributed by atoms with Gasteiger partial charge in [0, 0.05) is 32.7 Å². The van der Waals surface area contributed by atoms with Crippen LogP contribution in [0.1, 0.15) is 11.1 Å². The summed E-state index contributed by atoms with van der Waals surface area (Å²) in [5.41, 5.74) is 2.20. The minimum atomic E-state index is -0.0963. The summed E-state index contributed by atoms with van der Waals surface area (Å²) in [7, 11) is 3.27. The SMILES string of the molecule is COc1ccc(CN2CCN(CC(=O)Nc3ccccc3C#N)CC2)cc1OC. The molecule has 0 atom stereocenters. The molecule has 1 aliphatic heterocycles. The van der Waals surface area contributed by atoms with Crippen LogP contribution in [0.15, 0.2) is 42.5 Å². The number of hydrogen-bond donors (Lipinski definition) is 1. The van der Waals surface area contributed by atoms with Crippen LogP contribution in [0, 0.1) is 11.3 Å². The van der Waals surface area contributed by atoms with Crippen LogP contribution in [0.3, 0.4) is 0 Å². The van der Waals surface area contributed by atoms with E-state index in [9.17, 15) is 4.79 Å². The molecule has 1 aliphatic rings. The third-order valence-corrected chi connectivity index (χ3v) is 5.01. The number of nitrogens with one attached hydrogen (secondary N) is 1. The first-order chi connectivity index (χ1) is 14.1. The lowest BCUT2D eigenvalue weighted by Crippen LogP contribution is -2.48. The molecule has 2 aromatic rings. The van der Waals surface area contributed by atoms with Gasteiger partial charge in [0.05, 0.1) is 32.0 Å². The Morgan fingerprint density at radius 3 is 2.41 bits per heavy atom. The Labute approximate surface area is 171 Å². The van der Waals surface area contributed by atoms with E-state index in [0.29, 0.717) is 17.8 Å². The monoisotopic (exact) mass is 394 g/mol. The second-order valence-electron chi connectivity index (χ2n) is 6.95. The third kappa shape index (κ3) is 5.47. The van der Waals surface area contributed by atoms with Gasteiger partial charge >= 0.3 is 0 Å². The summed E-state index contributed by atoms with van der Waals surface area (Å²) in [5.74, 6) is 1.36. The van der Waals surface area contributed by atoms with Gasteiger partial charge in [-0.1, -0.05) is 18.2 Å². The van der Waals surface area contributed by atoms with Gasteiger partial charge in [0.25, 0.3) is 0 Å². The predicted octanol–water partition coefficient (Wildman–Crippen LogP) is 2.33. The Hall–Kier alpha value is -3.08. The summed E-state index contributed by atoms with van der Waals surface area (Å²) < 4.78 is 10.7. The number of nitriles is 1. The lowest BCUT2D eigenvalue weighted by Gasteiger charge is -2.34. The quantitative estimate of drug-likeness (QED) is 0.777. The zero-order chi connectivity index (χ0) is 20.6. The minimum absolute atomic E-state index is 0.0963. The molecule has 1 amide bonds. The van der Waals surface area contributed by atoms with E-state index in [0.717, 1.165) is 44.2 Å². The van der Waals surface area contributed by atoms with E-state index in [-0.39, 0.29) is 5.91 Å². The van der Waals surface area contributed by atoms with Crippen molar-refractivity contribution < 1.29 is 14.3 Å². The molecule has 152 valence electrons. The van der Waals surface area contributed by atoms with E-state index in [4.69, 9.17) is 14.7 Å². The van der Waals surface area contributed by atoms with Crippen LogP contribution in [-0.4, -0.2) is 62.7 Å². The molecule has 1 N–H and O–H groups in total. The molecule has 29 heavy (non-hydrogen) atoms. The molecule has 0 bridgehead atoms. The molecular formula is C22H26N4O3. The Bertz CT molecular complexity index is 886. The average molecular weight is 394 g/mol. The summed E-state index contributed by atoms with van der Waals surface area (Å²) in [6.45, 7) is 4.56. The first kappa shape index (κ1) is 20.6. The second kappa shape index (κ2) is 9.92. The van der Waals surface area contributed by atoms with Crippen molar-refractivity contribution in [2.75, 3.05) is 52.3 Å². The standard InChI is InChI=1S/C22H26N4O3/c1-28-20-8-7-17(13-21(20)29-2)15-25-9-11-26(12-10-25)16-22(27)24-19-6-4-3-5-18(19)14-23/h3-8,13H,9-12,15-16H2,1-2H3,(H,24,27). The number of methoxy groups -OCH3 is 2. The molecule has 1 saturated heterocycles. The highest BCUT2D eigenvalue weighted by molar-refractivity contribution is 5.93. The molecule has 1 fully saturated rings. The minimum Gasteiger partial charge on any atom is -0.493 e. The second-order valence-corrected chi connectivity index (χ2v) is 6.95. The molecule has 1 heterocycles. The van der Waals surface area contributed by atoms with Crippen molar-refractivity contribution in [3.8, 4) is 17.6 Å². The van der Waals surface area contributed by atoms with Crippen molar-refractivity contribution in [3.63, 3.8) is 0 Å². The number of amides is 1. The fourth-order valence-electron chi connectivity index (χ4n) is 3.43. The van der Waals surface area contributed by atoms with Crippen LogP contribution in [0.2, 0.25) is 0 Å². The number of carbonyl (C=O) groups excluding carboxylic acids is 1. The van der Waals surface area contributed by atoms with Gasteiger partial charge in [-0.3, -0.25) is 14.6 Å². The number of anilines is 1. The van der Waals surface area contributed by atoms with Gasteiger partial charge in [0.15, 0.2) is 11.5 Å². The van der Waals surface area contributed by atoms with Gasteiger partial charge in [-0.25, -0.2) is 0 Å². The van der Waals surface area contributed by atoms with Crippen molar-refractivity contribution in [2.24, 2.45) is 0 Å². The van der Waals surface area contributed by atoms with Crippen LogP contribution < -0.4 is 14.8 Å². The highest BCUT2D eigenvalue weighted by atomic mass is 16.5. The van der Waals surface area contributed by atoms with Crippen molar-refractivity contribution in [1.82, 2.24) is 9.80 Å². The molecule has 0 unspecified atom stereocenters. The summed E-state index contributed by atoms with van der Waals surface area (Å²) in [6, 6.07) is 15.1. The zero-order valence-electron chi connectivity index (χ0n) is 16.9. The number of ether oxygens (including phenoxy) is 2. The molecule has 0 aliphatic carbocycles. The Balaban J connectivity index is 1.48. The maximum atomic E-state index is 12.4. The maximum absolute atomic E-state index is 12.4.